The highest BCUT2D eigenvalue weighted by atomic mass is 16.3. The van der Waals surface area contributed by atoms with E-state index in [1.165, 1.54) is 0 Å². The van der Waals surface area contributed by atoms with Crippen molar-refractivity contribution in [3.63, 3.8) is 0 Å². The van der Waals surface area contributed by atoms with Gasteiger partial charge in [0.05, 0.1) is 12.8 Å². The van der Waals surface area contributed by atoms with Crippen LogP contribution < -0.4 is 10.6 Å². The Morgan fingerprint density at radius 1 is 1.56 bits per heavy atom. The lowest BCUT2D eigenvalue weighted by Crippen LogP contribution is -2.40. The van der Waals surface area contributed by atoms with Crippen molar-refractivity contribution >= 4 is 6.03 Å². The summed E-state index contributed by atoms with van der Waals surface area (Å²) in [5.41, 5.74) is 1.06. The van der Waals surface area contributed by atoms with E-state index >= 15 is 0 Å². The fraction of sp³-hybridized carbons (Fsp3) is 0.667. The van der Waals surface area contributed by atoms with E-state index in [1.54, 1.807) is 10.9 Å². The molecule has 0 radical (unpaired) electrons. The second-order valence-corrected chi connectivity index (χ2v) is 5.04. The lowest BCUT2D eigenvalue weighted by Gasteiger charge is -2.13. The van der Waals surface area contributed by atoms with Crippen molar-refractivity contribution in [2.75, 3.05) is 19.7 Å². The third-order valence-electron chi connectivity index (χ3n) is 3.37. The summed E-state index contributed by atoms with van der Waals surface area (Å²) in [5, 5.41) is 18.8. The molecule has 2 amide bonds. The number of hydrogen-bond donors (Lipinski definition) is 3. The van der Waals surface area contributed by atoms with E-state index in [-0.39, 0.29) is 18.1 Å². The zero-order valence-corrected chi connectivity index (χ0v) is 10.6. The van der Waals surface area contributed by atoms with Gasteiger partial charge in [-0.05, 0) is 24.8 Å². The van der Waals surface area contributed by atoms with Crippen LogP contribution in [0.2, 0.25) is 0 Å². The molecule has 1 aromatic heterocycles. The van der Waals surface area contributed by atoms with Crippen molar-refractivity contribution < 1.29 is 9.90 Å². The van der Waals surface area contributed by atoms with Gasteiger partial charge in [-0.25, -0.2) is 4.79 Å². The molecule has 0 unspecified atom stereocenters. The first-order valence-electron chi connectivity index (χ1n) is 6.24. The number of aliphatic hydroxyl groups excluding tert-OH is 1. The van der Waals surface area contributed by atoms with Gasteiger partial charge in [-0.1, -0.05) is 0 Å². The number of rotatable bonds is 6. The van der Waals surface area contributed by atoms with Gasteiger partial charge in [0.25, 0.3) is 0 Å². The summed E-state index contributed by atoms with van der Waals surface area (Å²) in [5.74, 6) is 0. The number of aromatic nitrogens is 2. The van der Waals surface area contributed by atoms with Gasteiger partial charge in [0.1, 0.15) is 0 Å². The summed E-state index contributed by atoms with van der Waals surface area (Å²) in [6.07, 6.45) is 6.50. The Hall–Kier alpha value is -1.56. The number of aliphatic hydroxyl groups is 1. The van der Waals surface area contributed by atoms with Gasteiger partial charge in [-0.15, -0.1) is 0 Å². The second-order valence-electron chi connectivity index (χ2n) is 5.04. The zero-order valence-electron chi connectivity index (χ0n) is 10.6. The van der Waals surface area contributed by atoms with E-state index in [2.05, 4.69) is 15.7 Å². The maximum atomic E-state index is 11.5. The highest BCUT2D eigenvalue weighted by Crippen LogP contribution is 2.44. The Bertz CT molecular complexity index is 412. The summed E-state index contributed by atoms with van der Waals surface area (Å²) in [7, 11) is 1.87. The minimum atomic E-state index is -0.168. The van der Waals surface area contributed by atoms with Crippen molar-refractivity contribution in [2.24, 2.45) is 12.5 Å². The molecule has 0 saturated heterocycles. The Balaban J connectivity index is 1.60. The van der Waals surface area contributed by atoms with Crippen LogP contribution in [0, 0.1) is 5.41 Å². The summed E-state index contributed by atoms with van der Waals surface area (Å²) in [4.78, 5) is 11.5. The maximum absolute atomic E-state index is 11.5. The lowest BCUT2D eigenvalue weighted by atomic mass is 10.1. The van der Waals surface area contributed by atoms with Crippen molar-refractivity contribution in [1.29, 1.82) is 0 Å². The summed E-state index contributed by atoms with van der Waals surface area (Å²) in [6.45, 7) is 1.30. The van der Waals surface area contributed by atoms with Crippen LogP contribution >= 0.6 is 0 Å². The normalized spacial score (nSPS) is 16.3. The van der Waals surface area contributed by atoms with Gasteiger partial charge in [0.15, 0.2) is 0 Å². The number of aryl methyl sites for hydroxylation is 1. The average molecular weight is 252 g/mol. The molecule has 1 aliphatic carbocycles. The first-order chi connectivity index (χ1) is 8.63. The van der Waals surface area contributed by atoms with Gasteiger partial charge >= 0.3 is 6.03 Å². The van der Waals surface area contributed by atoms with Crippen LogP contribution in [0.25, 0.3) is 0 Å². The molecule has 0 spiro atoms. The topological polar surface area (TPSA) is 79.2 Å². The number of nitrogens with one attached hydrogen (secondary N) is 2. The Labute approximate surface area is 106 Å². The fourth-order valence-corrected chi connectivity index (χ4v) is 1.82. The monoisotopic (exact) mass is 252 g/mol. The molecule has 6 nitrogen and oxygen atoms in total. The van der Waals surface area contributed by atoms with Gasteiger partial charge in [0, 0.05) is 31.7 Å². The molecule has 3 N–H and O–H groups in total. The van der Waals surface area contributed by atoms with Crippen molar-refractivity contribution in [2.45, 2.75) is 19.3 Å². The second kappa shape index (κ2) is 5.39. The number of amides is 2. The summed E-state index contributed by atoms with van der Waals surface area (Å²) < 4.78 is 1.74. The van der Waals surface area contributed by atoms with Crippen LogP contribution in [-0.4, -0.2) is 40.6 Å². The molecule has 0 bridgehead atoms. The molecule has 1 saturated carbocycles. The highest BCUT2D eigenvalue weighted by Gasteiger charge is 2.41. The molecule has 6 heteroatoms. The first-order valence-corrected chi connectivity index (χ1v) is 6.24. The lowest BCUT2D eigenvalue weighted by molar-refractivity contribution is 0.203. The smallest absolute Gasteiger partial charge is 0.314 e. The van der Waals surface area contributed by atoms with E-state index in [4.69, 9.17) is 5.11 Å². The van der Waals surface area contributed by atoms with Crippen LogP contribution in [0.1, 0.15) is 18.4 Å². The van der Waals surface area contributed by atoms with Gasteiger partial charge in [-0.2, -0.15) is 5.10 Å². The summed E-state index contributed by atoms with van der Waals surface area (Å²) >= 11 is 0. The minimum Gasteiger partial charge on any atom is -0.396 e. The molecule has 18 heavy (non-hydrogen) atoms. The molecule has 100 valence electrons. The van der Waals surface area contributed by atoms with Crippen LogP contribution in [0.15, 0.2) is 12.4 Å². The Morgan fingerprint density at radius 2 is 2.33 bits per heavy atom. The van der Waals surface area contributed by atoms with Crippen LogP contribution in [0.5, 0.6) is 0 Å². The Morgan fingerprint density at radius 3 is 2.89 bits per heavy atom. The Kier molecular flexibility index (Phi) is 3.86. The van der Waals surface area contributed by atoms with Gasteiger partial charge < -0.3 is 15.7 Å². The third-order valence-corrected chi connectivity index (χ3v) is 3.37. The predicted molar refractivity (Wildman–Crippen MR) is 67.1 cm³/mol. The minimum absolute atomic E-state index is 0.0410. The summed E-state index contributed by atoms with van der Waals surface area (Å²) in [6, 6.07) is -0.168. The molecule has 2 rings (SSSR count). The van der Waals surface area contributed by atoms with Crippen LogP contribution in [0.3, 0.4) is 0 Å². The van der Waals surface area contributed by atoms with E-state index in [0.29, 0.717) is 13.1 Å². The van der Waals surface area contributed by atoms with Gasteiger partial charge in [-0.3, -0.25) is 4.68 Å². The van der Waals surface area contributed by atoms with Crippen LogP contribution in [0.4, 0.5) is 4.79 Å². The zero-order chi connectivity index (χ0) is 13.0. The average Bonchev–Trinajstić information content (AvgIpc) is 3.04. The molecule has 0 atom stereocenters. The molecule has 1 heterocycles. The standard InChI is InChI=1S/C12H20N4O2/c1-16-7-10(6-15-16)2-5-13-11(18)14-8-12(9-17)3-4-12/h6-7,17H,2-5,8-9H2,1H3,(H2,13,14,18). The van der Waals surface area contributed by atoms with Crippen molar-refractivity contribution in [3.8, 4) is 0 Å². The number of carbonyl (C=O) groups excluding carboxylic acids is 1. The maximum Gasteiger partial charge on any atom is 0.314 e. The SMILES string of the molecule is Cn1cc(CCNC(=O)NCC2(CO)CC2)cn1. The number of nitrogens with zero attached hydrogens (tertiary/aromatic N) is 2. The van der Waals surface area contributed by atoms with E-state index in [9.17, 15) is 4.79 Å². The molecule has 0 aliphatic heterocycles. The van der Waals surface area contributed by atoms with E-state index in [0.717, 1.165) is 24.8 Å². The molecule has 1 aromatic rings. The van der Waals surface area contributed by atoms with Crippen molar-refractivity contribution in [1.82, 2.24) is 20.4 Å². The number of urea groups is 1. The fourth-order valence-electron chi connectivity index (χ4n) is 1.82. The van der Waals surface area contributed by atoms with Crippen LogP contribution in [-0.2, 0) is 13.5 Å². The van der Waals surface area contributed by atoms with E-state index in [1.807, 2.05) is 13.2 Å². The molecule has 0 aromatic carbocycles. The third kappa shape index (κ3) is 3.46. The van der Waals surface area contributed by atoms with Gasteiger partial charge in [0.2, 0.25) is 0 Å². The molecular weight excluding hydrogens is 232 g/mol. The molecule has 1 fully saturated rings. The molecular formula is C12H20N4O2. The number of carbonyl (C=O) groups is 1. The first kappa shape index (κ1) is 12.9. The largest absolute Gasteiger partial charge is 0.396 e. The number of hydrogen-bond acceptors (Lipinski definition) is 3. The quantitative estimate of drug-likeness (QED) is 0.668. The highest BCUT2D eigenvalue weighted by molar-refractivity contribution is 5.73. The predicted octanol–water partition coefficient (Wildman–Crippen LogP) is 0.0343. The van der Waals surface area contributed by atoms with E-state index < -0.39 is 0 Å². The molecule has 1 aliphatic rings. The van der Waals surface area contributed by atoms with Crippen molar-refractivity contribution in [3.05, 3.63) is 18.0 Å².